The summed E-state index contributed by atoms with van der Waals surface area (Å²) < 4.78 is 0. The molecule has 15 heavy (non-hydrogen) atoms. The maximum atomic E-state index is 11.2. The van der Waals surface area contributed by atoms with Crippen molar-refractivity contribution in [3.8, 4) is 0 Å². The fourth-order valence-electron chi connectivity index (χ4n) is 1.89. The summed E-state index contributed by atoms with van der Waals surface area (Å²) in [4.78, 5) is 16.8. The van der Waals surface area contributed by atoms with Crippen LogP contribution in [0.2, 0.25) is 0 Å². The summed E-state index contributed by atoms with van der Waals surface area (Å²) in [5.74, 6) is 0. The summed E-state index contributed by atoms with van der Waals surface area (Å²) in [5.41, 5.74) is 3.00. The molecule has 2 N–H and O–H groups in total. The molecule has 0 aliphatic heterocycles. The zero-order valence-electron chi connectivity index (χ0n) is 8.97. The Labute approximate surface area is 88.5 Å². The highest BCUT2D eigenvalue weighted by Gasteiger charge is 2.03. The van der Waals surface area contributed by atoms with E-state index in [1.165, 1.54) is 24.8 Å². The largest absolute Gasteiger partial charge is 0.323 e. The lowest BCUT2D eigenvalue weighted by Crippen LogP contribution is -1.99. The number of aromatic amines is 2. The first-order valence-corrected chi connectivity index (χ1v) is 5.51. The van der Waals surface area contributed by atoms with Gasteiger partial charge in [0.2, 0.25) is 0 Å². The van der Waals surface area contributed by atoms with Crippen LogP contribution in [0.25, 0.3) is 11.0 Å². The van der Waals surface area contributed by atoms with Gasteiger partial charge in [-0.25, -0.2) is 4.79 Å². The second kappa shape index (κ2) is 4.34. The normalized spacial score (nSPS) is 11.0. The van der Waals surface area contributed by atoms with E-state index in [9.17, 15) is 4.79 Å². The van der Waals surface area contributed by atoms with Gasteiger partial charge in [-0.15, -0.1) is 0 Å². The fraction of sp³-hybridized carbons (Fsp3) is 0.417. The molecule has 1 aromatic carbocycles. The number of rotatable bonds is 4. The fourth-order valence-corrected chi connectivity index (χ4v) is 1.89. The monoisotopic (exact) mass is 204 g/mol. The van der Waals surface area contributed by atoms with E-state index in [1.807, 2.05) is 12.1 Å². The highest BCUT2D eigenvalue weighted by molar-refractivity contribution is 5.78. The molecule has 0 aliphatic rings. The summed E-state index contributed by atoms with van der Waals surface area (Å²) >= 11 is 0. The summed E-state index contributed by atoms with van der Waals surface area (Å²) in [7, 11) is 0. The van der Waals surface area contributed by atoms with Gasteiger partial charge in [-0.05, 0) is 24.5 Å². The third kappa shape index (κ3) is 2.12. The maximum Gasteiger partial charge on any atom is 0.323 e. The number of H-pyrrole nitrogens is 2. The number of hydrogen-bond donors (Lipinski definition) is 2. The van der Waals surface area contributed by atoms with Crippen LogP contribution in [0.3, 0.4) is 0 Å². The number of imidazole rings is 1. The van der Waals surface area contributed by atoms with E-state index in [0.717, 1.165) is 17.5 Å². The Morgan fingerprint density at radius 1 is 1.20 bits per heavy atom. The Morgan fingerprint density at radius 2 is 2.07 bits per heavy atom. The Balaban J connectivity index is 2.29. The highest BCUT2D eigenvalue weighted by atomic mass is 16.1. The molecular formula is C12H16N2O. The van der Waals surface area contributed by atoms with Crippen LogP contribution in [0.15, 0.2) is 23.0 Å². The molecule has 0 amide bonds. The minimum absolute atomic E-state index is 0.118. The molecule has 3 nitrogen and oxygen atoms in total. The quantitative estimate of drug-likeness (QED) is 0.739. The number of unbranched alkanes of at least 4 members (excludes halogenated alkanes) is 2. The standard InChI is InChI=1S/C12H16N2O/c1-2-3-4-6-9-7-5-8-10-11(9)14-12(15)13-10/h5,7-8H,2-4,6H2,1H3,(H2,13,14,15). The van der Waals surface area contributed by atoms with Gasteiger partial charge in [-0.1, -0.05) is 31.9 Å². The third-order valence-corrected chi connectivity index (χ3v) is 2.69. The summed E-state index contributed by atoms with van der Waals surface area (Å²) in [5, 5.41) is 0. The van der Waals surface area contributed by atoms with E-state index in [2.05, 4.69) is 23.0 Å². The van der Waals surface area contributed by atoms with E-state index in [-0.39, 0.29) is 5.69 Å². The van der Waals surface area contributed by atoms with Crippen LogP contribution in [0.4, 0.5) is 0 Å². The summed E-state index contributed by atoms with van der Waals surface area (Å²) in [6.07, 6.45) is 4.69. The topological polar surface area (TPSA) is 48.6 Å². The number of nitrogens with one attached hydrogen (secondary N) is 2. The van der Waals surface area contributed by atoms with Gasteiger partial charge in [0.1, 0.15) is 0 Å². The molecule has 2 aromatic rings. The van der Waals surface area contributed by atoms with E-state index in [1.54, 1.807) is 0 Å². The van der Waals surface area contributed by atoms with E-state index in [4.69, 9.17) is 0 Å². The molecule has 0 bridgehead atoms. The molecule has 0 aliphatic carbocycles. The lowest BCUT2D eigenvalue weighted by molar-refractivity contribution is 0.719. The molecule has 2 rings (SSSR count). The lowest BCUT2D eigenvalue weighted by Gasteiger charge is -2.01. The van der Waals surface area contributed by atoms with Gasteiger partial charge in [0.25, 0.3) is 0 Å². The molecule has 0 fully saturated rings. The second-order valence-corrected chi connectivity index (χ2v) is 3.88. The second-order valence-electron chi connectivity index (χ2n) is 3.88. The van der Waals surface area contributed by atoms with Gasteiger partial charge in [-0.3, -0.25) is 0 Å². The van der Waals surface area contributed by atoms with Crippen molar-refractivity contribution in [2.24, 2.45) is 0 Å². The molecule has 1 heterocycles. The first kappa shape index (κ1) is 10.0. The van der Waals surface area contributed by atoms with Crippen molar-refractivity contribution >= 4 is 11.0 Å². The van der Waals surface area contributed by atoms with Gasteiger partial charge >= 0.3 is 5.69 Å². The van der Waals surface area contributed by atoms with Crippen LogP contribution >= 0.6 is 0 Å². The molecule has 0 atom stereocenters. The summed E-state index contributed by atoms with van der Waals surface area (Å²) in [6, 6.07) is 6.01. The van der Waals surface area contributed by atoms with Crippen LogP contribution < -0.4 is 5.69 Å². The molecule has 1 aromatic heterocycles. The molecule has 0 spiro atoms. The molecule has 3 heteroatoms. The van der Waals surface area contributed by atoms with Gasteiger partial charge < -0.3 is 9.97 Å². The minimum Gasteiger partial charge on any atom is -0.306 e. The molecule has 0 radical (unpaired) electrons. The predicted octanol–water partition coefficient (Wildman–Crippen LogP) is 2.59. The molecule has 80 valence electrons. The van der Waals surface area contributed by atoms with E-state index >= 15 is 0 Å². The van der Waals surface area contributed by atoms with Crippen LogP contribution in [0.1, 0.15) is 31.7 Å². The zero-order valence-corrected chi connectivity index (χ0v) is 8.97. The smallest absolute Gasteiger partial charge is 0.306 e. The predicted molar refractivity (Wildman–Crippen MR) is 62.1 cm³/mol. The van der Waals surface area contributed by atoms with Gasteiger partial charge in [0.05, 0.1) is 11.0 Å². The number of hydrogen-bond acceptors (Lipinski definition) is 1. The average molecular weight is 204 g/mol. The Hall–Kier alpha value is -1.51. The van der Waals surface area contributed by atoms with Crippen LogP contribution in [-0.2, 0) is 6.42 Å². The van der Waals surface area contributed by atoms with Crippen molar-refractivity contribution in [2.75, 3.05) is 0 Å². The van der Waals surface area contributed by atoms with Gasteiger partial charge in [0.15, 0.2) is 0 Å². The molecule has 0 saturated heterocycles. The van der Waals surface area contributed by atoms with Crippen molar-refractivity contribution in [1.29, 1.82) is 0 Å². The number of aryl methyl sites for hydroxylation is 1. The molecular weight excluding hydrogens is 188 g/mol. The Kier molecular flexibility index (Phi) is 2.90. The van der Waals surface area contributed by atoms with Crippen LogP contribution in [0, 0.1) is 0 Å². The molecule has 0 saturated carbocycles. The Bertz CT molecular complexity index is 496. The van der Waals surface area contributed by atoms with Crippen molar-refractivity contribution in [3.05, 3.63) is 34.2 Å². The molecule has 0 unspecified atom stereocenters. The first-order chi connectivity index (χ1) is 7.31. The summed E-state index contributed by atoms with van der Waals surface area (Å²) in [6.45, 7) is 2.19. The van der Waals surface area contributed by atoms with Crippen molar-refractivity contribution in [2.45, 2.75) is 32.6 Å². The van der Waals surface area contributed by atoms with Gasteiger partial charge in [0, 0.05) is 0 Å². The first-order valence-electron chi connectivity index (χ1n) is 5.51. The van der Waals surface area contributed by atoms with Crippen LogP contribution in [-0.4, -0.2) is 9.97 Å². The lowest BCUT2D eigenvalue weighted by atomic mass is 10.1. The average Bonchev–Trinajstić information content (AvgIpc) is 2.59. The highest BCUT2D eigenvalue weighted by Crippen LogP contribution is 2.15. The van der Waals surface area contributed by atoms with Gasteiger partial charge in [-0.2, -0.15) is 0 Å². The zero-order chi connectivity index (χ0) is 10.7. The number of benzene rings is 1. The number of para-hydroxylation sites is 1. The minimum atomic E-state index is -0.118. The van der Waals surface area contributed by atoms with Crippen molar-refractivity contribution < 1.29 is 0 Å². The van der Waals surface area contributed by atoms with Crippen molar-refractivity contribution in [1.82, 2.24) is 9.97 Å². The van der Waals surface area contributed by atoms with E-state index in [0.29, 0.717) is 0 Å². The maximum absolute atomic E-state index is 11.2. The Morgan fingerprint density at radius 3 is 2.87 bits per heavy atom. The SMILES string of the molecule is CCCCCc1cccc2[nH]c(=O)[nH]c12. The third-order valence-electron chi connectivity index (χ3n) is 2.69. The number of aromatic nitrogens is 2. The van der Waals surface area contributed by atoms with E-state index < -0.39 is 0 Å². The van der Waals surface area contributed by atoms with Crippen LogP contribution in [0.5, 0.6) is 0 Å². The van der Waals surface area contributed by atoms with Crippen molar-refractivity contribution in [3.63, 3.8) is 0 Å². The number of fused-ring (bicyclic) bond motifs is 1.